The van der Waals surface area contributed by atoms with Gasteiger partial charge in [-0.2, -0.15) is 0 Å². The zero-order valence-corrected chi connectivity index (χ0v) is 10.6. The van der Waals surface area contributed by atoms with Crippen molar-refractivity contribution in [2.24, 2.45) is 11.3 Å². The fraction of sp³-hybridized carbons (Fsp3) is 1.00. The summed E-state index contributed by atoms with van der Waals surface area (Å²) in [5.41, 5.74) is 4.23. The summed E-state index contributed by atoms with van der Waals surface area (Å²) in [5.74, 6) is 0.784. The normalized spacial score (nSPS) is 25.7. The van der Waals surface area contributed by atoms with Gasteiger partial charge < -0.3 is 0 Å². The summed E-state index contributed by atoms with van der Waals surface area (Å²) in [6.45, 7) is 16.2. The number of hydrogen-bond acceptors (Lipinski definition) is 2. The van der Waals surface area contributed by atoms with E-state index in [9.17, 15) is 0 Å². The Labute approximate surface area is 89.0 Å². The minimum atomic E-state index is 0.249. The Morgan fingerprint density at radius 3 is 2.14 bits per heavy atom. The maximum absolute atomic E-state index is 3.52. The molecule has 0 aromatic heterocycles. The van der Waals surface area contributed by atoms with Crippen molar-refractivity contribution >= 4 is 0 Å². The third-order valence-corrected chi connectivity index (χ3v) is 3.76. The Kier molecular flexibility index (Phi) is 3.27. The van der Waals surface area contributed by atoms with Crippen LogP contribution in [0.15, 0.2) is 0 Å². The van der Waals surface area contributed by atoms with Gasteiger partial charge in [0.2, 0.25) is 0 Å². The molecule has 0 saturated carbocycles. The maximum atomic E-state index is 3.52. The molecule has 1 aliphatic rings. The van der Waals surface area contributed by atoms with Crippen LogP contribution in [0.4, 0.5) is 0 Å². The number of rotatable bonds is 2. The van der Waals surface area contributed by atoms with E-state index in [1.807, 2.05) is 0 Å². The summed E-state index contributed by atoms with van der Waals surface area (Å²) < 4.78 is 0. The predicted molar refractivity (Wildman–Crippen MR) is 62.0 cm³/mol. The lowest BCUT2D eigenvalue weighted by Gasteiger charge is -2.33. The van der Waals surface area contributed by atoms with Crippen molar-refractivity contribution in [2.45, 2.75) is 53.5 Å². The van der Waals surface area contributed by atoms with Crippen molar-refractivity contribution in [3.63, 3.8) is 0 Å². The largest absolute Gasteiger partial charge is 0.254 e. The van der Waals surface area contributed by atoms with Crippen LogP contribution in [-0.4, -0.2) is 23.6 Å². The smallest absolute Gasteiger partial charge is 0.0270 e. The summed E-state index contributed by atoms with van der Waals surface area (Å²) in [7, 11) is 0. The summed E-state index contributed by atoms with van der Waals surface area (Å²) in [6, 6.07) is 0. The first kappa shape index (κ1) is 12.0. The highest BCUT2D eigenvalue weighted by Crippen LogP contribution is 2.34. The van der Waals surface area contributed by atoms with E-state index >= 15 is 0 Å². The van der Waals surface area contributed by atoms with E-state index in [1.165, 1.54) is 13.0 Å². The monoisotopic (exact) mass is 198 g/mol. The van der Waals surface area contributed by atoms with Crippen molar-refractivity contribution in [3.05, 3.63) is 0 Å². The molecule has 2 heteroatoms. The van der Waals surface area contributed by atoms with Crippen molar-refractivity contribution in [2.75, 3.05) is 13.1 Å². The van der Waals surface area contributed by atoms with Gasteiger partial charge >= 0.3 is 0 Å². The second-order valence-electron chi connectivity index (χ2n) is 6.18. The van der Waals surface area contributed by atoms with Gasteiger partial charge in [0.05, 0.1) is 0 Å². The van der Waals surface area contributed by atoms with Crippen LogP contribution in [0.1, 0.15) is 48.0 Å². The lowest BCUT2D eigenvalue weighted by atomic mass is 9.77. The van der Waals surface area contributed by atoms with E-state index in [4.69, 9.17) is 0 Å². The van der Waals surface area contributed by atoms with Gasteiger partial charge in [-0.05, 0) is 32.1 Å². The Balaban J connectivity index is 2.58. The molecule has 1 saturated heterocycles. The van der Waals surface area contributed by atoms with Crippen LogP contribution in [0.5, 0.6) is 0 Å². The molecular formula is C12H26N2. The molecule has 0 radical (unpaired) electrons. The van der Waals surface area contributed by atoms with Crippen LogP contribution in [0.25, 0.3) is 0 Å². The number of hydrogen-bond donors (Lipinski definition) is 1. The van der Waals surface area contributed by atoms with Gasteiger partial charge in [-0.15, -0.1) is 0 Å². The third-order valence-electron chi connectivity index (χ3n) is 3.76. The Morgan fingerprint density at radius 2 is 1.79 bits per heavy atom. The van der Waals surface area contributed by atoms with E-state index in [-0.39, 0.29) is 5.54 Å². The standard InChI is InChI=1S/C12H26N2/c1-7-12(5,6)10-8-13-14(9-10)11(2,3)4/h10,13H,7-9H2,1-6H3. The molecule has 0 spiro atoms. The van der Waals surface area contributed by atoms with E-state index in [0.29, 0.717) is 5.41 Å². The fourth-order valence-electron chi connectivity index (χ4n) is 1.89. The molecule has 1 aliphatic heterocycles. The topological polar surface area (TPSA) is 15.3 Å². The molecule has 0 bridgehead atoms. The average molecular weight is 198 g/mol. The quantitative estimate of drug-likeness (QED) is 0.734. The zero-order chi connectivity index (χ0) is 11.0. The Morgan fingerprint density at radius 1 is 1.21 bits per heavy atom. The van der Waals surface area contributed by atoms with Gasteiger partial charge in [0.15, 0.2) is 0 Å². The van der Waals surface area contributed by atoms with E-state index in [0.717, 1.165) is 12.5 Å². The lowest BCUT2D eigenvalue weighted by Crippen LogP contribution is -2.46. The summed E-state index contributed by atoms with van der Waals surface area (Å²) in [6.07, 6.45) is 1.26. The van der Waals surface area contributed by atoms with Crippen molar-refractivity contribution in [3.8, 4) is 0 Å². The van der Waals surface area contributed by atoms with E-state index in [1.54, 1.807) is 0 Å². The fourth-order valence-corrected chi connectivity index (χ4v) is 1.89. The molecule has 14 heavy (non-hydrogen) atoms. The maximum Gasteiger partial charge on any atom is 0.0270 e. The summed E-state index contributed by atoms with van der Waals surface area (Å²) in [5, 5.41) is 2.38. The van der Waals surface area contributed by atoms with E-state index in [2.05, 4.69) is 52.0 Å². The molecule has 0 aromatic rings. The zero-order valence-electron chi connectivity index (χ0n) is 10.6. The van der Waals surface area contributed by atoms with Gasteiger partial charge in [-0.25, -0.2) is 5.01 Å². The van der Waals surface area contributed by atoms with Crippen molar-refractivity contribution in [1.82, 2.24) is 10.4 Å². The summed E-state index contributed by atoms with van der Waals surface area (Å²) >= 11 is 0. The predicted octanol–water partition coefficient (Wildman–Crippen LogP) is 2.66. The van der Waals surface area contributed by atoms with Crippen LogP contribution >= 0.6 is 0 Å². The van der Waals surface area contributed by atoms with Crippen LogP contribution < -0.4 is 5.43 Å². The third kappa shape index (κ3) is 2.48. The van der Waals surface area contributed by atoms with Crippen LogP contribution in [-0.2, 0) is 0 Å². The highest BCUT2D eigenvalue weighted by molar-refractivity contribution is 4.88. The second-order valence-corrected chi connectivity index (χ2v) is 6.18. The number of nitrogens with zero attached hydrogens (tertiary/aromatic N) is 1. The molecule has 0 amide bonds. The van der Waals surface area contributed by atoms with Crippen LogP contribution in [0, 0.1) is 11.3 Å². The highest BCUT2D eigenvalue weighted by Gasteiger charge is 2.37. The minimum absolute atomic E-state index is 0.249. The first-order valence-corrected chi connectivity index (χ1v) is 5.78. The van der Waals surface area contributed by atoms with Crippen LogP contribution in [0.2, 0.25) is 0 Å². The average Bonchev–Trinajstić information content (AvgIpc) is 2.51. The van der Waals surface area contributed by atoms with Crippen molar-refractivity contribution < 1.29 is 0 Å². The molecular weight excluding hydrogens is 172 g/mol. The molecule has 1 N–H and O–H groups in total. The number of hydrazine groups is 1. The first-order chi connectivity index (χ1) is 6.27. The molecule has 1 unspecified atom stereocenters. The highest BCUT2D eigenvalue weighted by atomic mass is 15.6. The minimum Gasteiger partial charge on any atom is -0.254 e. The van der Waals surface area contributed by atoms with Gasteiger partial charge in [-0.3, -0.25) is 5.43 Å². The molecule has 1 fully saturated rings. The van der Waals surface area contributed by atoms with E-state index < -0.39 is 0 Å². The van der Waals surface area contributed by atoms with Gasteiger partial charge in [0.25, 0.3) is 0 Å². The lowest BCUT2D eigenvalue weighted by molar-refractivity contribution is 0.102. The van der Waals surface area contributed by atoms with Crippen molar-refractivity contribution in [1.29, 1.82) is 0 Å². The molecule has 2 nitrogen and oxygen atoms in total. The van der Waals surface area contributed by atoms with Crippen LogP contribution in [0.3, 0.4) is 0 Å². The molecule has 84 valence electrons. The van der Waals surface area contributed by atoms with Gasteiger partial charge in [0, 0.05) is 18.6 Å². The Hall–Kier alpha value is -0.0800. The molecule has 0 aromatic carbocycles. The second kappa shape index (κ2) is 3.82. The summed E-state index contributed by atoms with van der Waals surface area (Å²) in [4.78, 5) is 0. The molecule has 1 heterocycles. The molecule has 0 aliphatic carbocycles. The first-order valence-electron chi connectivity index (χ1n) is 5.78. The molecule has 1 rings (SSSR count). The molecule has 1 atom stereocenters. The number of nitrogens with one attached hydrogen (secondary N) is 1. The SMILES string of the molecule is CCC(C)(C)C1CNN(C(C)(C)C)C1. The van der Waals surface area contributed by atoms with Gasteiger partial charge in [0.1, 0.15) is 0 Å². The van der Waals surface area contributed by atoms with Gasteiger partial charge in [-0.1, -0.05) is 27.2 Å². The Bertz CT molecular complexity index is 191.